The Morgan fingerprint density at radius 1 is 1.38 bits per heavy atom. The summed E-state index contributed by atoms with van der Waals surface area (Å²) in [6.45, 7) is 3.90. The molecule has 0 saturated heterocycles. The minimum Gasteiger partial charge on any atom is -0.241 e. The second kappa shape index (κ2) is 4.74. The van der Waals surface area contributed by atoms with E-state index in [0.29, 0.717) is 5.56 Å². The molecule has 2 aromatic rings. The van der Waals surface area contributed by atoms with Gasteiger partial charge in [-0.2, -0.15) is 0 Å². The van der Waals surface area contributed by atoms with Crippen molar-refractivity contribution in [2.45, 2.75) is 26.7 Å². The largest absolute Gasteiger partial charge is 0.241 e. The quantitative estimate of drug-likeness (QED) is 0.776. The first-order valence-corrected chi connectivity index (χ1v) is 6.29. The second-order valence-corrected chi connectivity index (χ2v) is 4.72. The molecule has 0 spiro atoms. The SMILES string of the molecule is CCCc1csc(-c2ccc(C)c(F)c2)n1. The average molecular weight is 235 g/mol. The van der Waals surface area contributed by atoms with Gasteiger partial charge in [-0.1, -0.05) is 25.5 Å². The maximum atomic E-state index is 13.4. The number of nitrogens with zero attached hydrogens (tertiary/aromatic N) is 1. The number of aryl methyl sites for hydroxylation is 2. The van der Waals surface area contributed by atoms with Crippen LogP contribution < -0.4 is 0 Å². The monoisotopic (exact) mass is 235 g/mol. The van der Waals surface area contributed by atoms with Crippen molar-refractivity contribution < 1.29 is 4.39 Å². The van der Waals surface area contributed by atoms with Gasteiger partial charge in [0.25, 0.3) is 0 Å². The fraction of sp³-hybridized carbons (Fsp3) is 0.308. The number of rotatable bonds is 3. The zero-order chi connectivity index (χ0) is 11.5. The normalized spacial score (nSPS) is 10.7. The van der Waals surface area contributed by atoms with Crippen LogP contribution in [0.25, 0.3) is 10.6 Å². The van der Waals surface area contributed by atoms with Crippen molar-refractivity contribution in [3.63, 3.8) is 0 Å². The molecule has 84 valence electrons. The molecular formula is C13H14FNS. The molecule has 0 radical (unpaired) electrons. The van der Waals surface area contributed by atoms with Gasteiger partial charge in [0.15, 0.2) is 0 Å². The molecule has 0 fully saturated rings. The summed E-state index contributed by atoms with van der Waals surface area (Å²) in [7, 11) is 0. The topological polar surface area (TPSA) is 12.9 Å². The Kier molecular flexibility index (Phi) is 3.34. The summed E-state index contributed by atoms with van der Waals surface area (Å²) in [5, 5.41) is 2.96. The molecule has 3 heteroatoms. The molecule has 0 amide bonds. The highest BCUT2D eigenvalue weighted by molar-refractivity contribution is 7.13. The smallest absolute Gasteiger partial charge is 0.126 e. The Labute approximate surface area is 99.0 Å². The predicted molar refractivity (Wildman–Crippen MR) is 66.2 cm³/mol. The third-order valence-corrected chi connectivity index (χ3v) is 3.42. The molecule has 0 aliphatic rings. The first kappa shape index (κ1) is 11.3. The summed E-state index contributed by atoms with van der Waals surface area (Å²) in [5.41, 5.74) is 2.65. The lowest BCUT2D eigenvalue weighted by Crippen LogP contribution is -1.86. The first-order chi connectivity index (χ1) is 7.70. The molecule has 0 unspecified atom stereocenters. The number of halogens is 1. The van der Waals surface area contributed by atoms with E-state index in [1.807, 2.05) is 6.07 Å². The van der Waals surface area contributed by atoms with Crippen molar-refractivity contribution >= 4 is 11.3 Å². The van der Waals surface area contributed by atoms with Crippen LogP contribution in [0.3, 0.4) is 0 Å². The second-order valence-electron chi connectivity index (χ2n) is 3.86. The molecule has 0 N–H and O–H groups in total. The van der Waals surface area contributed by atoms with E-state index in [9.17, 15) is 4.39 Å². The van der Waals surface area contributed by atoms with E-state index in [4.69, 9.17) is 0 Å². The van der Waals surface area contributed by atoms with Gasteiger partial charge in [-0.25, -0.2) is 9.37 Å². The van der Waals surface area contributed by atoms with Gasteiger partial charge >= 0.3 is 0 Å². The minimum absolute atomic E-state index is 0.162. The van der Waals surface area contributed by atoms with Crippen LogP contribution in [-0.2, 0) is 6.42 Å². The molecular weight excluding hydrogens is 221 g/mol. The molecule has 0 atom stereocenters. The summed E-state index contributed by atoms with van der Waals surface area (Å²) in [6, 6.07) is 5.28. The summed E-state index contributed by atoms with van der Waals surface area (Å²) in [5.74, 6) is -0.162. The van der Waals surface area contributed by atoms with E-state index >= 15 is 0 Å². The molecule has 0 aliphatic carbocycles. The van der Waals surface area contributed by atoms with Crippen molar-refractivity contribution in [2.24, 2.45) is 0 Å². The van der Waals surface area contributed by atoms with Crippen molar-refractivity contribution in [1.29, 1.82) is 0 Å². The third-order valence-electron chi connectivity index (χ3n) is 2.48. The van der Waals surface area contributed by atoms with Crippen LogP contribution in [-0.4, -0.2) is 4.98 Å². The van der Waals surface area contributed by atoms with Crippen LogP contribution in [0.1, 0.15) is 24.6 Å². The lowest BCUT2D eigenvalue weighted by molar-refractivity contribution is 0.619. The lowest BCUT2D eigenvalue weighted by atomic mass is 10.1. The first-order valence-electron chi connectivity index (χ1n) is 5.41. The van der Waals surface area contributed by atoms with Crippen LogP contribution >= 0.6 is 11.3 Å². The third kappa shape index (κ3) is 2.30. The Balaban J connectivity index is 2.31. The van der Waals surface area contributed by atoms with Crippen LogP contribution in [0.2, 0.25) is 0 Å². The van der Waals surface area contributed by atoms with E-state index in [-0.39, 0.29) is 5.82 Å². The van der Waals surface area contributed by atoms with Crippen LogP contribution in [0.4, 0.5) is 4.39 Å². The van der Waals surface area contributed by atoms with Crippen molar-refractivity contribution in [1.82, 2.24) is 4.98 Å². The summed E-state index contributed by atoms with van der Waals surface area (Å²) >= 11 is 1.58. The Morgan fingerprint density at radius 2 is 2.19 bits per heavy atom. The van der Waals surface area contributed by atoms with Gasteiger partial charge in [0.2, 0.25) is 0 Å². The number of hydrogen-bond acceptors (Lipinski definition) is 2. The Bertz CT molecular complexity index is 490. The van der Waals surface area contributed by atoms with E-state index < -0.39 is 0 Å². The molecule has 0 bridgehead atoms. The fourth-order valence-electron chi connectivity index (χ4n) is 1.54. The highest BCUT2D eigenvalue weighted by atomic mass is 32.1. The van der Waals surface area contributed by atoms with Crippen molar-refractivity contribution in [2.75, 3.05) is 0 Å². The molecule has 16 heavy (non-hydrogen) atoms. The summed E-state index contributed by atoms with van der Waals surface area (Å²) in [4.78, 5) is 4.49. The minimum atomic E-state index is -0.162. The lowest BCUT2D eigenvalue weighted by Gasteiger charge is -1.99. The van der Waals surface area contributed by atoms with Gasteiger partial charge in [0.1, 0.15) is 10.8 Å². The maximum Gasteiger partial charge on any atom is 0.126 e. The van der Waals surface area contributed by atoms with Gasteiger partial charge in [-0.05, 0) is 25.0 Å². The molecule has 0 saturated carbocycles. The van der Waals surface area contributed by atoms with Gasteiger partial charge in [0.05, 0.1) is 5.69 Å². The zero-order valence-electron chi connectivity index (χ0n) is 9.46. The molecule has 1 nitrogen and oxygen atoms in total. The fourth-order valence-corrected chi connectivity index (χ4v) is 2.39. The van der Waals surface area contributed by atoms with Gasteiger partial charge in [0, 0.05) is 10.9 Å². The maximum absolute atomic E-state index is 13.4. The van der Waals surface area contributed by atoms with E-state index in [1.54, 1.807) is 30.4 Å². The predicted octanol–water partition coefficient (Wildman–Crippen LogP) is 4.21. The molecule has 1 heterocycles. The Morgan fingerprint density at radius 3 is 2.88 bits per heavy atom. The van der Waals surface area contributed by atoms with Crippen LogP contribution in [0, 0.1) is 12.7 Å². The molecule has 2 rings (SSSR count). The van der Waals surface area contributed by atoms with Crippen LogP contribution in [0.15, 0.2) is 23.6 Å². The highest BCUT2D eigenvalue weighted by Gasteiger charge is 2.06. The van der Waals surface area contributed by atoms with E-state index in [2.05, 4.69) is 17.3 Å². The average Bonchev–Trinajstić information content (AvgIpc) is 2.71. The van der Waals surface area contributed by atoms with Crippen molar-refractivity contribution in [3.8, 4) is 10.6 Å². The van der Waals surface area contributed by atoms with Gasteiger partial charge in [-0.3, -0.25) is 0 Å². The summed E-state index contributed by atoms with van der Waals surface area (Å²) in [6.07, 6.45) is 2.08. The van der Waals surface area contributed by atoms with Crippen molar-refractivity contribution in [3.05, 3.63) is 40.7 Å². The van der Waals surface area contributed by atoms with E-state index in [1.165, 1.54) is 0 Å². The van der Waals surface area contributed by atoms with Crippen LogP contribution in [0.5, 0.6) is 0 Å². The number of aromatic nitrogens is 1. The number of hydrogen-bond donors (Lipinski definition) is 0. The standard InChI is InChI=1S/C13H14FNS/c1-3-4-11-8-16-13(15-11)10-6-5-9(2)12(14)7-10/h5-8H,3-4H2,1-2H3. The Hall–Kier alpha value is -1.22. The molecule has 0 aliphatic heterocycles. The van der Waals surface area contributed by atoms with Gasteiger partial charge < -0.3 is 0 Å². The number of benzene rings is 1. The highest BCUT2D eigenvalue weighted by Crippen LogP contribution is 2.25. The molecule has 1 aromatic heterocycles. The zero-order valence-corrected chi connectivity index (χ0v) is 10.3. The van der Waals surface area contributed by atoms with E-state index in [0.717, 1.165) is 29.1 Å². The number of thiazole rings is 1. The molecule has 1 aromatic carbocycles. The summed E-state index contributed by atoms with van der Waals surface area (Å²) < 4.78 is 13.4. The van der Waals surface area contributed by atoms with Gasteiger partial charge in [-0.15, -0.1) is 11.3 Å².